The minimum absolute atomic E-state index is 0.0560. The van der Waals surface area contributed by atoms with Crippen LogP contribution in [0.25, 0.3) is 0 Å². The van der Waals surface area contributed by atoms with Gasteiger partial charge in [-0.05, 0) is 41.4 Å². The summed E-state index contributed by atoms with van der Waals surface area (Å²) in [6.45, 7) is 2.57. The average molecular weight is 284 g/mol. The third kappa shape index (κ3) is 2.89. The molecule has 4 heteroatoms. The molecule has 16 heavy (non-hydrogen) atoms. The SMILES string of the molecule is CC1CC(C(=O)Cc2ccc(Br)cn2)CO1. The standard InChI is InChI=1S/C12H14BrNO2/c1-8-4-9(7-16-8)12(15)5-11-3-2-10(13)6-14-11/h2-3,6,8-9H,4-5,7H2,1H3. The first-order chi connectivity index (χ1) is 7.65. The Morgan fingerprint density at radius 3 is 3.00 bits per heavy atom. The molecular weight excluding hydrogens is 270 g/mol. The van der Waals surface area contributed by atoms with E-state index in [1.165, 1.54) is 0 Å². The lowest BCUT2D eigenvalue weighted by Crippen LogP contribution is -2.17. The van der Waals surface area contributed by atoms with Gasteiger partial charge in [-0.3, -0.25) is 9.78 Å². The number of hydrogen-bond donors (Lipinski definition) is 0. The highest BCUT2D eigenvalue weighted by atomic mass is 79.9. The fraction of sp³-hybridized carbons (Fsp3) is 0.500. The van der Waals surface area contributed by atoms with E-state index in [0.717, 1.165) is 16.6 Å². The summed E-state index contributed by atoms with van der Waals surface area (Å²) in [6.07, 6.45) is 3.19. The summed E-state index contributed by atoms with van der Waals surface area (Å²) < 4.78 is 6.33. The summed E-state index contributed by atoms with van der Waals surface area (Å²) >= 11 is 3.32. The summed E-state index contributed by atoms with van der Waals surface area (Å²) in [4.78, 5) is 16.1. The van der Waals surface area contributed by atoms with Gasteiger partial charge in [-0.15, -0.1) is 0 Å². The lowest BCUT2D eigenvalue weighted by molar-refractivity contribution is -0.122. The van der Waals surface area contributed by atoms with Crippen LogP contribution in [0.4, 0.5) is 0 Å². The third-order valence-electron chi connectivity index (χ3n) is 2.80. The van der Waals surface area contributed by atoms with Gasteiger partial charge < -0.3 is 4.74 Å². The highest BCUT2D eigenvalue weighted by molar-refractivity contribution is 9.10. The Morgan fingerprint density at radius 1 is 1.62 bits per heavy atom. The van der Waals surface area contributed by atoms with E-state index in [-0.39, 0.29) is 17.8 Å². The number of aromatic nitrogens is 1. The number of rotatable bonds is 3. The molecule has 86 valence electrons. The molecule has 0 saturated carbocycles. The first-order valence-electron chi connectivity index (χ1n) is 5.40. The van der Waals surface area contributed by atoms with Crippen LogP contribution >= 0.6 is 15.9 Å². The smallest absolute Gasteiger partial charge is 0.144 e. The van der Waals surface area contributed by atoms with Gasteiger partial charge in [-0.2, -0.15) is 0 Å². The summed E-state index contributed by atoms with van der Waals surface area (Å²) in [5, 5.41) is 0. The molecule has 0 aromatic carbocycles. The van der Waals surface area contributed by atoms with Crippen molar-refractivity contribution in [2.45, 2.75) is 25.9 Å². The number of carbonyl (C=O) groups is 1. The predicted octanol–water partition coefficient (Wildman–Crippen LogP) is 2.38. The zero-order chi connectivity index (χ0) is 11.5. The van der Waals surface area contributed by atoms with Crippen molar-refractivity contribution >= 4 is 21.7 Å². The minimum Gasteiger partial charge on any atom is -0.378 e. The van der Waals surface area contributed by atoms with Crippen molar-refractivity contribution in [2.24, 2.45) is 5.92 Å². The van der Waals surface area contributed by atoms with E-state index in [0.29, 0.717) is 13.0 Å². The fourth-order valence-corrected chi connectivity index (χ4v) is 2.11. The van der Waals surface area contributed by atoms with Gasteiger partial charge in [-0.1, -0.05) is 0 Å². The normalized spacial score (nSPS) is 24.6. The second-order valence-electron chi connectivity index (χ2n) is 4.19. The lowest BCUT2D eigenvalue weighted by Gasteiger charge is -2.05. The topological polar surface area (TPSA) is 39.2 Å². The number of ketones is 1. The van der Waals surface area contributed by atoms with Gasteiger partial charge in [0, 0.05) is 28.7 Å². The van der Waals surface area contributed by atoms with Gasteiger partial charge in [-0.25, -0.2) is 0 Å². The van der Waals surface area contributed by atoms with Crippen molar-refractivity contribution in [1.29, 1.82) is 0 Å². The zero-order valence-corrected chi connectivity index (χ0v) is 10.7. The summed E-state index contributed by atoms with van der Waals surface area (Å²) in [5.74, 6) is 0.291. The molecule has 3 nitrogen and oxygen atoms in total. The molecule has 2 atom stereocenters. The second kappa shape index (κ2) is 5.06. The number of hydrogen-bond acceptors (Lipinski definition) is 3. The molecular formula is C12H14BrNO2. The molecule has 0 bridgehead atoms. The second-order valence-corrected chi connectivity index (χ2v) is 5.10. The molecule has 1 aliphatic heterocycles. The predicted molar refractivity (Wildman–Crippen MR) is 64.2 cm³/mol. The Bertz CT molecular complexity index is 377. The van der Waals surface area contributed by atoms with Crippen molar-refractivity contribution in [3.63, 3.8) is 0 Å². The van der Waals surface area contributed by atoms with E-state index < -0.39 is 0 Å². The van der Waals surface area contributed by atoms with Crippen molar-refractivity contribution in [3.8, 4) is 0 Å². The van der Waals surface area contributed by atoms with Gasteiger partial charge in [0.05, 0.1) is 12.7 Å². The van der Waals surface area contributed by atoms with Crippen LogP contribution in [0.1, 0.15) is 19.0 Å². The van der Waals surface area contributed by atoms with Gasteiger partial charge >= 0.3 is 0 Å². The molecule has 2 heterocycles. The Kier molecular flexibility index (Phi) is 3.71. The van der Waals surface area contributed by atoms with Crippen LogP contribution in [0.15, 0.2) is 22.8 Å². The van der Waals surface area contributed by atoms with Crippen LogP contribution in [0, 0.1) is 5.92 Å². The maximum atomic E-state index is 11.9. The Labute approximate surface area is 103 Å². The number of halogens is 1. The van der Waals surface area contributed by atoms with Crippen LogP contribution in [0.3, 0.4) is 0 Å². The van der Waals surface area contributed by atoms with E-state index >= 15 is 0 Å². The Morgan fingerprint density at radius 2 is 2.44 bits per heavy atom. The zero-order valence-electron chi connectivity index (χ0n) is 9.15. The van der Waals surface area contributed by atoms with Crippen LogP contribution < -0.4 is 0 Å². The quantitative estimate of drug-likeness (QED) is 0.855. The van der Waals surface area contributed by atoms with E-state index in [1.54, 1.807) is 6.20 Å². The molecule has 0 amide bonds. The molecule has 0 radical (unpaired) electrons. The monoisotopic (exact) mass is 283 g/mol. The van der Waals surface area contributed by atoms with Crippen molar-refractivity contribution in [2.75, 3.05) is 6.61 Å². The molecule has 1 aromatic rings. The molecule has 1 aliphatic rings. The first-order valence-corrected chi connectivity index (χ1v) is 6.19. The highest BCUT2D eigenvalue weighted by Crippen LogP contribution is 2.21. The number of nitrogens with zero attached hydrogens (tertiary/aromatic N) is 1. The molecule has 0 spiro atoms. The lowest BCUT2D eigenvalue weighted by atomic mass is 9.97. The summed E-state index contributed by atoms with van der Waals surface area (Å²) in [6, 6.07) is 3.78. The van der Waals surface area contributed by atoms with Gasteiger partial charge in [0.15, 0.2) is 0 Å². The van der Waals surface area contributed by atoms with E-state index in [9.17, 15) is 4.79 Å². The van der Waals surface area contributed by atoms with E-state index in [4.69, 9.17) is 4.74 Å². The first kappa shape index (κ1) is 11.7. The van der Waals surface area contributed by atoms with Gasteiger partial charge in [0.1, 0.15) is 5.78 Å². The average Bonchev–Trinajstić information content (AvgIpc) is 2.68. The Balaban J connectivity index is 1.94. The third-order valence-corrected chi connectivity index (χ3v) is 3.27. The van der Waals surface area contributed by atoms with Crippen molar-refractivity contribution in [1.82, 2.24) is 4.98 Å². The van der Waals surface area contributed by atoms with Crippen LogP contribution in [-0.4, -0.2) is 23.5 Å². The molecule has 1 aromatic heterocycles. The molecule has 1 fully saturated rings. The summed E-state index contributed by atoms with van der Waals surface area (Å²) in [7, 11) is 0. The fourth-order valence-electron chi connectivity index (χ4n) is 1.88. The number of ether oxygens (including phenoxy) is 1. The molecule has 0 aliphatic carbocycles. The molecule has 2 unspecified atom stereocenters. The van der Waals surface area contributed by atoms with Gasteiger partial charge in [0.2, 0.25) is 0 Å². The largest absolute Gasteiger partial charge is 0.378 e. The molecule has 2 rings (SSSR count). The van der Waals surface area contributed by atoms with Crippen molar-refractivity contribution in [3.05, 3.63) is 28.5 Å². The van der Waals surface area contributed by atoms with E-state index in [2.05, 4.69) is 20.9 Å². The van der Waals surface area contributed by atoms with Crippen LogP contribution in [-0.2, 0) is 16.0 Å². The molecule has 0 N–H and O–H groups in total. The number of Topliss-reactive ketones (excluding diaryl/α,β-unsaturated/α-hetero) is 1. The molecule has 1 saturated heterocycles. The maximum Gasteiger partial charge on any atom is 0.144 e. The Hall–Kier alpha value is -0.740. The van der Waals surface area contributed by atoms with E-state index in [1.807, 2.05) is 19.1 Å². The van der Waals surface area contributed by atoms with Crippen LogP contribution in [0.2, 0.25) is 0 Å². The van der Waals surface area contributed by atoms with Crippen molar-refractivity contribution < 1.29 is 9.53 Å². The number of pyridine rings is 1. The maximum absolute atomic E-state index is 11.9. The number of carbonyl (C=O) groups excluding carboxylic acids is 1. The van der Waals surface area contributed by atoms with Crippen LogP contribution in [0.5, 0.6) is 0 Å². The summed E-state index contributed by atoms with van der Waals surface area (Å²) in [5.41, 5.74) is 0.827. The minimum atomic E-state index is 0.0560. The van der Waals surface area contributed by atoms with Gasteiger partial charge in [0.25, 0.3) is 0 Å². The highest BCUT2D eigenvalue weighted by Gasteiger charge is 2.28.